The van der Waals surface area contributed by atoms with Crippen molar-refractivity contribution in [3.05, 3.63) is 72.7 Å². The normalized spacial score (nSPS) is 21.2. The van der Waals surface area contributed by atoms with E-state index in [0.717, 1.165) is 18.5 Å². The molecule has 3 N–H and O–H groups in total. The Hall–Kier alpha value is -4.22. The van der Waals surface area contributed by atoms with E-state index in [9.17, 15) is 9.18 Å². The van der Waals surface area contributed by atoms with Gasteiger partial charge in [-0.2, -0.15) is 0 Å². The molecule has 1 aliphatic heterocycles. The summed E-state index contributed by atoms with van der Waals surface area (Å²) >= 11 is 0. The molecule has 1 aliphatic carbocycles. The molecule has 0 spiro atoms. The molecule has 38 heavy (non-hydrogen) atoms. The summed E-state index contributed by atoms with van der Waals surface area (Å²) < 4.78 is 25.6. The summed E-state index contributed by atoms with van der Waals surface area (Å²) in [7, 11) is 0. The Morgan fingerprint density at radius 3 is 2.58 bits per heavy atom. The Kier molecular flexibility index (Phi) is 6.30. The maximum absolute atomic E-state index is 13.7. The molecule has 4 aromatic rings. The quantitative estimate of drug-likeness (QED) is 0.335. The Bertz CT molecular complexity index is 1430. The standard InChI is InChI=1S/C27H26FN7O3/c1-27(25(36)31-18-8-9-18)14-37-24(38-15-27)23-34-21(16-4-6-17(28)7-5-16)22(35-23)20-10-12-30-26(33-20)32-19-3-2-11-29-13-19/h2-7,10-13,18,24H,8-9,14-15H2,1H3,(H,31,36)(H,34,35)(H,30,32,33). The number of hydrogen-bond acceptors (Lipinski definition) is 8. The third kappa shape index (κ3) is 5.11. The molecule has 2 fully saturated rings. The Balaban J connectivity index is 1.29. The Morgan fingerprint density at radius 1 is 1.08 bits per heavy atom. The first-order valence-electron chi connectivity index (χ1n) is 12.4. The predicted molar refractivity (Wildman–Crippen MR) is 136 cm³/mol. The van der Waals surface area contributed by atoms with E-state index in [2.05, 4.69) is 30.6 Å². The minimum Gasteiger partial charge on any atom is -0.353 e. The average Bonchev–Trinajstić information content (AvgIpc) is 3.64. The SMILES string of the molecule is CC1(C(=O)NC2CC2)COC(c2nc(-c3ccc(F)cc3)c(-c3ccnc(Nc4cccnc4)n3)[nH]2)OC1. The van der Waals surface area contributed by atoms with Crippen LogP contribution in [0.4, 0.5) is 16.0 Å². The van der Waals surface area contributed by atoms with E-state index in [1.54, 1.807) is 36.8 Å². The lowest BCUT2D eigenvalue weighted by molar-refractivity contribution is -0.231. The largest absolute Gasteiger partial charge is 0.353 e. The highest BCUT2D eigenvalue weighted by Gasteiger charge is 2.42. The van der Waals surface area contributed by atoms with Gasteiger partial charge in [-0.1, -0.05) is 0 Å². The van der Waals surface area contributed by atoms with Crippen LogP contribution in [0, 0.1) is 11.2 Å². The van der Waals surface area contributed by atoms with Gasteiger partial charge in [0.25, 0.3) is 0 Å². The number of anilines is 2. The van der Waals surface area contributed by atoms with Crippen molar-refractivity contribution in [2.24, 2.45) is 5.41 Å². The number of rotatable bonds is 7. The molecular weight excluding hydrogens is 489 g/mol. The van der Waals surface area contributed by atoms with Gasteiger partial charge in [-0.3, -0.25) is 9.78 Å². The summed E-state index contributed by atoms with van der Waals surface area (Å²) in [4.78, 5) is 33.8. The van der Waals surface area contributed by atoms with Crippen molar-refractivity contribution < 1.29 is 18.7 Å². The molecule has 1 saturated carbocycles. The van der Waals surface area contributed by atoms with Crippen molar-refractivity contribution in [3.8, 4) is 22.6 Å². The number of halogens is 1. The van der Waals surface area contributed by atoms with Crippen LogP contribution < -0.4 is 10.6 Å². The van der Waals surface area contributed by atoms with Gasteiger partial charge < -0.3 is 25.1 Å². The zero-order chi connectivity index (χ0) is 26.1. The number of hydrogen-bond donors (Lipinski definition) is 3. The van der Waals surface area contributed by atoms with Crippen molar-refractivity contribution in [2.45, 2.75) is 32.1 Å². The van der Waals surface area contributed by atoms with Gasteiger partial charge in [-0.15, -0.1) is 0 Å². The van der Waals surface area contributed by atoms with Crippen LogP contribution in [0.25, 0.3) is 22.6 Å². The number of pyridine rings is 1. The van der Waals surface area contributed by atoms with Crippen molar-refractivity contribution in [2.75, 3.05) is 18.5 Å². The summed E-state index contributed by atoms with van der Waals surface area (Å²) in [6.07, 6.45) is 6.20. The lowest BCUT2D eigenvalue weighted by atomic mass is 9.91. The zero-order valence-corrected chi connectivity index (χ0v) is 20.6. The van der Waals surface area contributed by atoms with Gasteiger partial charge in [0.15, 0.2) is 5.82 Å². The fraction of sp³-hybridized carbons (Fsp3) is 0.296. The molecule has 0 bridgehead atoms. The number of benzene rings is 1. The minimum atomic E-state index is -0.806. The minimum absolute atomic E-state index is 0.0692. The lowest BCUT2D eigenvalue weighted by Crippen LogP contribution is -2.49. The van der Waals surface area contributed by atoms with E-state index >= 15 is 0 Å². The molecule has 0 radical (unpaired) electrons. The predicted octanol–water partition coefficient (Wildman–Crippen LogP) is 4.14. The Labute approximate surface area is 218 Å². The molecule has 4 heterocycles. The molecule has 0 unspecified atom stereocenters. The highest BCUT2D eigenvalue weighted by Crippen LogP contribution is 2.36. The Morgan fingerprint density at radius 2 is 1.87 bits per heavy atom. The number of nitrogens with one attached hydrogen (secondary N) is 3. The number of aromatic nitrogens is 5. The van der Waals surface area contributed by atoms with Crippen LogP contribution >= 0.6 is 0 Å². The van der Waals surface area contributed by atoms with E-state index in [4.69, 9.17) is 14.5 Å². The summed E-state index contributed by atoms with van der Waals surface area (Å²) in [5.74, 6) is 0.377. The van der Waals surface area contributed by atoms with E-state index in [1.807, 2.05) is 19.1 Å². The number of aromatic amines is 1. The molecular formula is C27H26FN7O3. The molecule has 1 aromatic carbocycles. The second-order valence-corrected chi connectivity index (χ2v) is 9.75. The first-order valence-corrected chi connectivity index (χ1v) is 12.4. The summed E-state index contributed by atoms with van der Waals surface area (Å²) in [6.45, 7) is 2.20. The van der Waals surface area contributed by atoms with Crippen LogP contribution in [0.3, 0.4) is 0 Å². The van der Waals surface area contributed by atoms with Gasteiger partial charge in [-0.25, -0.2) is 19.3 Å². The number of carbonyl (C=O) groups excluding carboxylic acids is 1. The number of carbonyl (C=O) groups is 1. The van der Waals surface area contributed by atoms with Gasteiger partial charge in [0.05, 0.1) is 47.6 Å². The molecule has 2 aliphatic rings. The second-order valence-electron chi connectivity index (χ2n) is 9.75. The zero-order valence-electron chi connectivity index (χ0n) is 20.6. The topological polar surface area (TPSA) is 127 Å². The van der Waals surface area contributed by atoms with Crippen molar-refractivity contribution in [1.82, 2.24) is 30.2 Å². The fourth-order valence-electron chi connectivity index (χ4n) is 4.11. The number of nitrogens with zero attached hydrogens (tertiary/aromatic N) is 4. The van der Waals surface area contributed by atoms with E-state index < -0.39 is 11.7 Å². The van der Waals surface area contributed by atoms with Crippen LogP contribution in [0.15, 0.2) is 61.1 Å². The third-order valence-electron chi connectivity index (χ3n) is 6.46. The molecule has 1 amide bonds. The van der Waals surface area contributed by atoms with Gasteiger partial charge in [0, 0.05) is 24.0 Å². The lowest BCUT2D eigenvalue weighted by Gasteiger charge is -2.35. The molecule has 1 saturated heterocycles. The van der Waals surface area contributed by atoms with Gasteiger partial charge in [0.2, 0.25) is 18.1 Å². The molecule has 10 nitrogen and oxygen atoms in total. The summed E-state index contributed by atoms with van der Waals surface area (Å²) in [5.41, 5.74) is 2.36. The van der Waals surface area contributed by atoms with E-state index in [0.29, 0.717) is 34.4 Å². The van der Waals surface area contributed by atoms with Gasteiger partial charge in [0.1, 0.15) is 5.82 Å². The monoisotopic (exact) mass is 515 g/mol. The van der Waals surface area contributed by atoms with E-state index in [-0.39, 0.29) is 31.0 Å². The summed E-state index contributed by atoms with van der Waals surface area (Å²) in [6, 6.07) is 11.7. The fourth-order valence-corrected chi connectivity index (χ4v) is 4.11. The van der Waals surface area contributed by atoms with Crippen LogP contribution in [-0.2, 0) is 14.3 Å². The van der Waals surface area contributed by atoms with Gasteiger partial charge >= 0.3 is 0 Å². The van der Waals surface area contributed by atoms with Crippen LogP contribution in [0.1, 0.15) is 31.9 Å². The van der Waals surface area contributed by atoms with Crippen molar-refractivity contribution in [1.29, 1.82) is 0 Å². The molecule has 194 valence electrons. The van der Waals surface area contributed by atoms with Crippen molar-refractivity contribution in [3.63, 3.8) is 0 Å². The second kappa shape index (κ2) is 9.92. The highest BCUT2D eigenvalue weighted by molar-refractivity contribution is 5.83. The molecule has 11 heteroatoms. The molecule has 6 rings (SSSR count). The van der Waals surface area contributed by atoms with Crippen LogP contribution in [0.2, 0.25) is 0 Å². The maximum Gasteiger partial charge on any atom is 0.230 e. The number of H-pyrrole nitrogens is 1. The first-order chi connectivity index (χ1) is 18.5. The number of amides is 1. The first kappa shape index (κ1) is 24.1. The summed E-state index contributed by atoms with van der Waals surface area (Å²) in [5, 5.41) is 6.16. The number of imidazole rings is 1. The van der Waals surface area contributed by atoms with Crippen molar-refractivity contribution >= 4 is 17.5 Å². The van der Waals surface area contributed by atoms with Crippen LogP contribution in [-0.4, -0.2) is 50.1 Å². The highest BCUT2D eigenvalue weighted by atomic mass is 19.1. The van der Waals surface area contributed by atoms with Crippen LogP contribution in [0.5, 0.6) is 0 Å². The third-order valence-corrected chi connectivity index (χ3v) is 6.46. The average molecular weight is 516 g/mol. The molecule has 3 aromatic heterocycles. The smallest absolute Gasteiger partial charge is 0.230 e. The number of ether oxygens (including phenoxy) is 2. The maximum atomic E-state index is 13.7. The van der Waals surface area contributed by atoms with Gasteiger partial charge in [-0.05, 0) is 62.2 Å². The van der Waals surface area contributed by atoms with E-state index in [1.165, 1.54) is 12.1 Å². The molecule has 0 atom stereocenters.